The standard InChI is InChI=1S/C19H24N2O2/c1-4-21(17-7-5-6-15(2)14-17)19(22)12-13-20-16-8-10-18(23-3)11-9-16/h5-11,14,20H,4,12-13H2,1-3H3. The molecule has 2 aromatic carbocycles. The first-order valence-corrected chi connectivity index (χ1v) is 7.89. The first kappa shape index (κ1) is 16.9. The largest absolute Gasteiger partial charge is 0.497 e. The van der Waals surface area contributed by atoms with Crippen LogP contribution in [-0.4, -0.2) is 26.1 Å². The number of benzene rings is 2. The Labute approximate surface area is 138 Å². The van der Waals surface area contributed by atoms with E-state index in [1.807, 2.05) is 67.3 Å². The van der Waals surface area contributed by atoms with E-state index in [9.17, 15) is 4.79 Å². The summed E-state index contributed by atoms with van der Waals surface area (Å²) in [6.45, 7) is 5.31. The van der Waals surface area contributed by atoms with Gasteiger partial charge in [0.1, 0.15) is 5.75 Å². The molecule has 0 atom stereocenters. The highest BCUT2D eigenvalue weighted by molar-refractivity contribution is 5.93. The molecule has 0 aliphatic heterocycles. The molecule has 0 spiro atoms. The normalized spacial score (nSPS) is 10.2. The fourth-order valence-corrected chi connectivity index (χ4v) is 2.46. The molecule has 1 N–H and O–H groups in total. The monoisotopic (exact) mass is 312 g/mol. The lowest BCUT2D eigenvalue weighted by molar-refractivity contribution is -0.118. The zero-order chi connectivity index (χ0) is 16.7. The van der Waals surface area contributed by atoms with Gasteiger partial charge in [0.25, 0.3) is 0 Å². The summed E-state index contributed by atoms with van der Waals surface area (Å²) in [4.78, 5) is 14.3. The Morgan fingerprint density at radius 3 is 2.52 bits per heavy atom. The van der Waals surface area contributed by atoms with Crippen LogP contribution >= 0.6 is 0 Å². The lowest BCUT2D eigenvalue weighted by atomic mass is 10.2. The molecule has 0 fully saturated rings. The molecule has 2 rings (SSSR count). The Morgan fingerprint density at radius 2 is 1.91 bits per heavy atom. The van der Waals surface area contributed by atoms with E-state index in [0.717, 1.165) is 22.7 Å². The maximum Gasteiger partial charge on any atom is 0.228 e. The van der Waals surface area contributed by atoms with E-state index in [1.54, 1.807) is 7.11 Å². The molecule has 0 aliphatic rings. The highest BCUT2D eigenvalue weighted by Gasteiger charge is 2.13. The van der Waals surface area contributed by atoms with Crippen molar-refractivity contribution >= 4 is 17.3 Å². The number of hydrogen-bond acceptors (Lipinski definition) is 3. The van der Waals surface area contributed by atoms with Gasteiger partial charge in [0.05, 0.1) is 7.11 Å². The van der Waals surface area contributed by atoms with Crippen molar-refractivity contribution in [2.75, 3.05) is 30.4 Å². The van der Waals surface area contributed by atoms with Gasteiger partial charge in [-0.25, -0.2) is 0 Å². The van der Waals surface area contributed by atoms with Crippen LogP contribution in [0.1, 0.15) is 18.9 Å². The van der Waals surface area contributed by atoms with Gasteiger partial charge in [0.2, 0.25) is 5.91 Å². The summed E-state index contributed by atoms with van der Waals surface area (Å²) in [6, 6.07) is 15.7. The second kappa shape index (κ2) is 8.22. The minimum Gasteiger partial charge on any atom is -0.497 e. The van der Waals surface area contributed by atoms with Crippen molar-refractivity contribution in [3.05, 3.63) is 54.1 Å². The minimum absolute atomic E-state index is 0.124. The zero-order valence-electron chi connectivity index (χ0n) is 14.0. The molecule has 0 aromatic heterocycles. The fraction of sp³-hybridized carbons (Fsp3) is 0.316. The molecule has 4 heteroatoms. The number of amides is 1. The quantitative estimate of drug-likeness (QED) is 0.844. The SMILES string of the molecule is CCN(C(=O)CCNc1ccc(OC)cc1)c1cccc(C)c1. The molecule has 0 saturated carbocycles. The van der Waals surface area contributed by atoms with Crippen LogP contribution < -0.4 is 15.0 Å². The molecule has 0 unspecified atom stereocenters. The summed E-state index contributed by atoms with van der Waals surface area (Å²) in [5, 5.41) is 3.27. The van der Waals surface area contributed by atoms with Crippen LogP contribution in [0.3, 0.4) is 0 Å². The van der Waals surface area contributed by atoms with Crippen molar-refractivity contribution in [2.45, 2.75) is 20.3 Å². The van der Waals surface area contributed by atoms with Crippen molar-refractivity contribution in [3.63, 3.8) is 0 Å². The summed E-state index contributed by atoms with van der Waals surface area (Å²) in [5.74, 6) is 0.947. The molecule has 23 heavy (non-hydrogen) atoms. The van der Waals surface area contributed by atoms with Crippen molar-refractivity contribution in [3.8, 4) is 5.75 Å². The van der Waals surface area contributed by atoms with E-state index in [1.165, 1.54) is 0 Å². The van der Waals surface area contributed by atoms with Gasteiger partial charge in [0, 0.05) is 30.9 Å². The van der Waals surface area contributed by atoms with Crippen molar-refractivity contribution in [1.82, 2.24) is 0 Å². The predicted molar refractivity (Wildman–Crippen MR) is 95.3 cm³/mol. The van der Waals surface area contributed by atoms with Gasteiger partial charge >= 0.3 is 0 Å². The average Bonchev–Trinajstić information content (AvgIpc) is 2.56. The van der Waals surface area contributed by atoms with Crippen LogP contribution in [-0.2, 0) is 4.79 Å². The summed E-state index contributed by atoms with van der Waals surface area (Å²) >= 11 is 0. The molecule has 4 nitrogen and oxygen atoms in total. The molecule has 0 aliphatic carbocycles. The predicted octanol–water partition coefficient (Wildman–Crippen LogP) is 3.86. The Balaban J connectivity index is 1.89. The van der Waals surface area contributed by atoms with E-state index in [-0.39, 0.29) is 5.91 Å². The molecule has 122 valence electrons. The molecule has 1 amide bonds. The zero-order valence-corrected chi connectivity index (χ0v) is 14.0. The van der Waals surface area contributed by atoms with Crippen LogP contribution in [0, 0.1) is 6.92 Å². The number of carbonyl (C=O) groups is 1. The third-order valence-electron chi connectivity index (χ3n) is 3.69. The second-order valence-corrected chi connectivity index (χ2v) is 5.38. The van der Waals surface area contributed by atoms with E-state index < -0.39 is 0 Å². The van der Waals surface area contributed by atoms with E-state index in [4.69, 9.17) is 4.74 Å². The second-order valence-electron chi connectivity index (χ2n) is 5.38. The summed E-state index contributed by atoms with van der Waals surface area (Å²) in [7, 11) is 1.64. The highest BCUT2D eigenvalue weighted by Crippen LogP contribution is 2.17. The number of carbonyl (C=O) groups excluding carboxylic acids is 1. The number of rotatable bonds is 7. The number of ether oxygens (including phenoxy) is 1. The van der Waals surface area contributed by atoms with E-state index >= 15 is 0 Å². The maximum atomic E-state index is 12.4. The van der Waals surface area contributed by atoms with Gasteiger partial charge in [0.15, 0.2) is 0 Å². The van der Waals surface area contributed by atoms with Gasteiger partial charge in [-0.15, -0.1) is 0 Å². The van der Waals surface area contributed by atoms with Crippen molar-refractivity contribution in [2.24, 2.45) is 0 Å². The molecule has 0 radical (unpaired) electrons. The Kier molecular flexibility index (Phi) is 6.03. The highest BCUT2D eigenvalue weighted by atomic mass is 16.5. The molecular weight excluding hydrogens is 288 g/mol. The van der Waals surface area contributed by atoms with Gasteiger partial charge < -0.3 is 15.0 Å². The number of anilines is 2. The molecule has 2 aromatic rings. The maximum absolute atomic E-state index is 12.4. The van der Waals surface area contributed by atoms with Crippen LogP contribution in [0.15, 0.2) is 48.5 Å². The Bertz CT molecular complexity index is 638. The third-order valence-corrected chi connectivity index (χ3v) is 3.69. The summed E-state index contributed by atoms with van der Waals surface area (Å²) < 4.78 is 5.13. The fourth-order valence-electron chi connectivity index (χ4n) is 2.46. The van der Waals surface area contributed by atoms with Crippen molar-refractivity contribution in [1.29, 1.82) is 0 Å². The van der Waals surface area contributed by atoms with Crippen molar-refractivity contribution < 1.29 is 9.53 Å². The lowest BCUT2D eigenvalue weighted by Crippen LogP contribution is -2.31. The number of methoxy groups -OCH3 is 1. The van der Waals surface area contributed by atoms with E-state index in [0.29, 0.717) is 19.5 Å². The van der Waals surface area contributed by atoms with Gasteiger partial charge in [-0.05, 0) is 55.8 Å². The van der Waals surface area contributed by atoms with Gasteiger partial charge in [-0.2, -0.15) is 0 Å². The summed E-state index contributed by atoms with van der Waals surface area (Å²) in [5.41, 5.74) is 3.10. The topological polar surface area (TPSA) is 41.6 Å². The first-order chi connectivity index (χ1) is 11.1. The van der Waals surface area contributed by atoms with E-state index in [2.05, 4.69) is 5.32 Å². The molecule has 0 heterocycles. The molecular formula is C19H24N2O2. The number of hydrogen-bond donors (Lipinski definition) is 1. The number of nitrogens with zero attached hydrogens (tertiary/aromatic N) is 1. The van der Waals surface area contributed by atoms with Crippen LogP contribution in [0.25, 0.3) is 0 Å². The minimum atomic E-state index is 0.124. The van der Waals surface area contributed by atoms with Crippen LogP contribution in [0.4, 0.5) is 11.4 Å². The molecule has 0 saturated heterocycles. The van der Waals surface area contributed by atoms with Crippen LogP contribution in [0.2, 0.25) is 0 Å². The average molecular weight is 312 g/mol. The number of aryl methyl sites for hydroxylation is 1. The third kappa shape index (κ3) is 4.74. The van der Waals surface area contributed by atoms with Crippen LogP contribution in [0.5, 0.6) is 5.75 Å². The van der Waals surface area contributed by atoms with Gasteiger partial charge in [-0.3, -0.25) is 4.79 Å². The summed E-state index contributed by atoms with van der Waals surface area (Å²) in [6.07, 6.45) is 0.452. The number of nitrogens with one attached hydrogen (secondary N) is 1. The Morgan fingerprint density at radius 1 is 1.17 bits per heavy atom. The lowest BCUT2D eigenvalue weighted by Gasteiger charge is -2.21. The van der Waals surface area contributed by atoms with Gasteiger partial charge in [-0.1, -0.05) is 12.1 Å². The Hall–Kier alpha value is -2.49. The smallest absolute Gasteiger partial charge is 0.228 e. The first-order valence-electron chi connectivity index (χ1n) is 7.89. The molecule has 0 bridgehead atoms.